The van der Waals surface area contributed by atoms with Crippen LogP contribution in [0, 0.1) is 0 Å². The Morgan fingerprint density at radius 3 is 3.07 bits per heavy atom. The fourth-order valence-corrected chi connectivity index (χ4v) is 2.52. The summed E-state index contributed by atoms with van der Waals surface area (Å²) in [5.74, 6) is -0.0154. The van der Waals surface area contributed by atoms with Crippen molar-refractivity contribution < 1.29 is 4.79 Å². The average Bonchev–Trinajstić information content (AvgIpc) is 2.46. The molecule has 1 aromatic carbocycles. The van der Waals surface area contributed by atoms with E-state index in [4.69, 9.17) is 0 Å². The Morgan fingerprint density at radius 2 is 2.36 bits per heavy atom. The van der Waals surface area contributed by atoms with Crippen molar-refractivity contribution in [1.82, 2.24) is 0 Å². The molecular weight excluding hydrogens is 242 g/mol. The Kier molecular flexibility index (Phi) is 2.59. The molecule has 3 heteroatoms. The van der Waals surface area contributed by atoms with Crippen LogP contribution in [0.1, 0.15) is 29.3 Å². The number of rotatable bonds is 1. The van der Waals surface area contributed by atoms with E-state index in [-0.39, 0.29) is 5.91 Å². The first-order chi connectivity index (χ1) is 6.66. The predicted octanol–water partition coefficient (Wildman–Crippen LogP) is 3.03. The minimum Gasteiger partial charge on any atom is -0.326 e. The number of aryl methyl sites for hydroxylation is 1. The number of amides is 1. The molecule has 1 aromatic rings. The molecule has 0 heterocycles. The van der Waals surface area contributed by atoms with Gasteiger partial charge in [0.25, 0.3) is 0 Å². The number of carbonyl (C=O) groups excluding carboxylic acids is 1. The van der Waals surface area contributed by atoms with Crippen LogP contribution < -0.4 is 5.32 Å². The lowest BCUT2D eigenvalue weighted by molar-refractivity contribution is -0.114. The molecule has 0 fully saturated rings. The summed E-state index contributed by atoms with van der Waals surface area (Å²) in [5, 5.41) is 2.80. The third-order valence-electron chi connectivity index (χ3n) is 2.47. The maximum Gasteiger partial charge on any atom is 0.221 e. The summed E-state index contributed by atoms with van der Waals surface area (Å²) in [6.07, 6.45) is 2.25. The van der Waals surface area contributed by atoms with Crippen molar-refractivity contribution >= 4 is 27.5 Å². The molecule has 2 nitrogen and oxygen atoms in total. The second kappa shape index (κ2) is 3.73. The maximum atomic E-state index is 10.9. The second-order valence-electron chi connectivity index (χ2n) is 3.60. The minimum absolute atomic E-state index is 0.0154. The van der Waals surface area contributed by atoms with E-state index in [0.717, 1.165) is 18.5 Å². The van der Waals surface area contributed by atoms with Crippen LogP contribution in [0.15, 0.2) is 18.2 Å². The highest BCUT2D eigenvalue weighted by atomic mass is 79.9. The van der Waals surface area contributed by atoms with Crippen LogP contribution in [0.4, 0.5) is 5.69 Å². The quantitative estimate of drug-likeness (QED) is 0.767. The highest BCUT2D eigenvalue weighted by molar-refractivity contribution is 9.09. The summed E-state index contributed by atoms with van der Waals surface area (Å²) in [5.41, 5.74) is 3.61. The molecule has 0 saturated heterocycles. The van der Waals surface area contributed by atoms with Crippen molar-refractivity contribution in [3.63, 3.8) is 0 Å². The Hall–Kier alpha value is -0.830. The van der Waals surface area contributed by atoms with Crippen molar-refractivity contribution in [2.45, 2.75) is 24.6 Å². The molecule has 0 bridgehead atoms. The van der Waals surface area contributed by atoms with Gasteiger partial charge in [0, 0.05) is 17.4 Å². The SMILES string of the molecule is CC(=O)Nc1ccc2c(c1)CCC2Br. The van der Waals surface area contributed by atoms with Gasteiger partial charge in [0.15, 0.2) is 0 Å². The van der Waals surface area contributed by atoms with Crippen molar-refractivity contribution in [2.75, 3.05) is 5.32 Å². The lowest BCUT2D eigenvalue weighted by Crippen LogP contribution is -2.05. The van der Waals surface area contributed by atoms with Gasteiger partial charge < -0.3 is 5.32 Å². The summed E-state index contributed by atoms with van der Waals surface area (Å²) < 4.78 is 0. The molecule has 1 aliphatic carbocycles. The Bertz CT molecular complexity index is 376. The number of benzene rings is 1. The number of fused-ring (bicyclic) bond motifs is 1. The number of hydrogen-bond acceptors (Lipinski definition) is 1. The van der Waals surface area contributed by atoms with E-state index in [1.54, 1.807) is 0 Å². The van der Waals surface area contributed by atoms with Crippen LogP contribution in [0.2, 0.25) is 0 Å². The molecule has 0 aliphatic heterocycles. The van der Waals surface area contributed by atoms with Gasteiger partial charge in [-0.1, -0.05) is 22.0 Å². The monoisotopic (exact) mass is 253 g/mol. The van der Waals surface area contributed by atoms with Gasteiger partial charge in [0.05, 0.1) is 0 Å². The van der Waals surface area contributed by atoms with Gasteiger partial charge >= 0.3 is 0 Å². The first-order valence-corrected chi connectivity index (χ1v) is 5.63. The highest BCUT2D eigenvalue weighted by Gasteiger charge is 2.19. The number of anilines is 1. The Morgan fingerprint density at radius 1 is 1.57 bits per heavy atom. The average molecular weight is 254 g/mol. The van der Waals surface area contributed by atoms with Crippen LogP contribution in [0.3, 0.4) is 0 Å². The van der Waals surface area contributed by atoms with Crippen molar-refractivity contribution in [2.24, 2.45) is 0 Å². The van der Waals surface area contributed by atoms with Gasteiger partial charge in [-0.2, -0.15) is 0 Å². The summed E-state index contributed by atoms with van der Waals surface area (Å²) in [4.78, 5) is 11.3. The number of alkyl halides is 1. The fourth-order valence-electron chi connectivity index (χ4n) is 1.85. The molecule has 1 atom stereocenters. The maximum absolute atomic E-state index is 10.9. The summed E-state index contributed by atoms with van der Waals surface area (Å²) in [6.45, 7) is 1.53. The van der Waals surface area contributed by atoms with E-state index in [2.05, 4.69) is 33.4 Å². The van der Waals surface area contributed by atoms with Gasteiger partial charge in [-0.15, -0.1) is 0 Å². The van der Waals surface area contributed by atoms with E-state index in [1.807, 2.05) is 6.07 Å². The van der Waals surface area contributed by atoms with Gasteiger partial charge in [-0.25, -0.2) is 0 Å². The van der Waals surface area contributed by atoms with Crippen molar-refractivity contribution in [1.29, 1.82) is 0 Å². The molecule has 74 valence electrons. The normalized spacial score (nSPS) is 19.1. The van der Waals surface area contributed by atoms with E-state index in [0.29, 0.717) is 4.83 Å². The lowest BCUT2D eigenvalue weighted by Gasteiger charge is -2.06. The van der Waals surface area contributed by atoms with Crippen LogP contribution in [0.5, 0.6) is 0 Å². The molecule has 0 aromatic heterocycles. The molecule has 0 saturated carbocycles. The van der Waals surface area contributed by atoms with Crippen LogP contribution >= 0.6 is 15.9 Å². The number of halogens is 1. The van der Waals surface area contributed by atoms with Crippen molar-refractivity contribution in [3.05, 3.63) is 29.3 Å². The van der Waals surface area contributed by atoms with Gasteiger partial charge in [0.1, 0.15) is 0 Å². The number of hydrogen-bond donors (Lipinski definition) is 1. The van der Waals surface area contributed by atoms with Crippen LogP contribution in [-0.4, -0.2) is 5.91 Å². The molecule has 0 radical (unpaired) electrons. The molecule has 1 unspecified atom stereocenters. The highest BCUT2D eigenvalue weighted by Crippen LogP contribution is 2.38. The number of carbonyl (C=O) groups is 1. The summed E-state index contributed by atoms with van der Waals surface area (Å²) in [7, 11) is 0. The van der Waals surface area contributed by atoms with Crippen LogP contribution in [-0.2, 0) is 11.2 Å². The van der Waals surface area contributed by atoms with E-state index < -0.39 is 0 Å². The standard InChI is InChI=1S/C11H12BrNO/c1-7(14)13-9-3-4-10-8(6-9)2-5-11(10)12/h3-4,6,11H,2,5H2,1H3,(H,13,14). The molecule has 1 amide bonds. The van der Waals surface area contributed by atoms with Gasteiger partial charge in [0.2, 0.25) is 5.91 Å². The molecule has 1 N–H and O–H groups in total. The third kappa shape index (κ3) is 1.82. The molecular formula is C11H12BrNO. The van der Waals surface area contributed by atoms with E-state index in [1.165, 1.54) is 18.1 Å². The van der Waals surface area contributed by atoms with Crippen molar-refractivity contribution in [3.8, 4) is 0 Å². The van der Waals surface area contributed by atoms with Gasteiger partial charge in [-0.05, 0) is 36.1 Å². The zero-order chi connectivity index (χ0) is 10.1. The zero-order valence-corrected chi connectivity index (χ0v) is 9.60. The molecule has 0 spiro atoms. The Balaban J connectivity index is 2.28. The third-order valence-corrected chi connectivity index (χ3v) is 3.42. The van der Waals surface area contributed by atoms with E-state index in [9.17, 15) is 4.79 Å². The fraction of sp³-hybridized carbons (Fsp3) is 0.364. The minimum atomic E-state index is -0.0154. The molecule has 2 rings (SSSR count). The Labute approximate surface area is 91.8 Å². The zero-order valence-electron chi connectivity index (χ0n) is 8.01. The first kappa shape index (κ1) is 9.71. The van der Waals surface area contributed by atoms with Gasteiger partial charge in [-0.3, -0.25) is 4.79 Å². The first-order valence-electron chi connectivity index (χ1n) is 4.71. The van der Waals surface area contributed by atoms with E-state index >= 15 is 0 Å². The van der Waals surface area contributed by atoms with Crippen LogP contribution in [0.25, 0.3) is 0 Å². The largest absolute Gasteiger partial charge is 0.326 e. The summed E-state index contributed by atoms with van der Waals surface area (Å²) in [6, 6.07) is 6.12. The smallest absolute Gasteiger partial charge is 0.221 e. The lowest BCUT2D eigenvalue weighted by atomic mass is 10.1. The predicted molar refractivity (Wildman–Crippen MR) is 60.7 cm³/mol. The topological polar surface area (TPSA) is 29.1 Å². The second-order valence-corrected chi connectivity index (χ2v) is 4.71. The number of nitrogens with one attached hydrogen (secondary N) is 1. The molecule has 14 heavy (non-hydrogen) atoms. The molecule has 1 aliphatic rings. The summed E-state index contributed by atoms with van der Waals surface area (Å²) >= 11 is 3.63.